The van der Waals surface area contributed by atoms with E-state index in [-0.39, 0.29) is 17.1 Å². The molecule has 0 aromatic carbocycles. The number of phosphoric acid groups is 2. The summed E-state index contributed by atoms with van der Waals surface area (Å²) in [6.07, 6.45) is -8.44. The van der Waals surface area contributed by atoms with Gasteiger partial charge in [-0.25, -0.2) is 24.1 Å². The highest BCUT2D eigenvalue weighted by molar-refractivity contribution is 7.47. The van der Waals surface area contributed by atoms with Crippen LogP contribution in [0.15, 0.2) is 35.8 Å². The van der Waals surface area contributed by atoms with Crippen LogP contribution in [-0.4, -0.2) is 104 Å². The molecule has 0 radical (unpaired) electrons. The number of fused-ring (bicyclic) bond motifs is 5. The van der Waals surface area contributed by atoms with Crippen LogP contribution in [0.4, 0.5) is 5.95 Å². The Morgan fingerprint density at radius 1 is 0.886 bits per heavy atom. The van der Waals surface area contributed by atoms with Gasteiger partial charge in [0, 0.05) is 6.20 Å². The van der Waals surface area contributed by atoms with Crippen LogP contribution in [0, 0.1) is 0 Å². The van der Waals surface area contributed by atoms with Crippen molar-refractivity contribution in [1.29, 1.82) is 0 Å². The Labute approximate surface area is 244 Å². The van der Waals surface area contributed by atoms with Gasteiger partial charge in [0.2, 0.25) is 5.95 Å². The van der Waals surface area contributed by atoms with Gasteiger partial charge in [0.05, 0.1) is 25.9 Å². The molecule has 2 unspecified atom stereocenters. The molecule has 21 nitrogen and oxygen atoms in total. The van der Waals surface area contributed by atoms with Gasteiger partial charge in [0.15, 0.2) is 29.3 Å². The smallest absolute Gasteiger partial charge is 0.387 e. The van der Waals surface area contributed by atoms with Crippen molar-refractivity contribution in [3.8, 4) is 0 Å². The average Bonchev–Trinajstić information content (AvgIpc) is 3.72. The minimum atomic E-state index is -5.08. The molecule has 7 heterocycles. The van der Waals surface area contributed by atoms with Gasteiger partial charge in [0.25, 0.3) is 5.56 Å². The molecule has 4 aromatic rings. The van der Waals surface area contributed by atoms with Crippen molar-refractivity contribution in [2.24, 2.45) is 0 Å². The zero-order chi connectivity index (χ0) is 31.0. The molecule has 2 bridgehead atoms. The minimum absolute atomic E-state index is 0.117. The number of rotatable bonds is 2. The number of aromatic nitrogens is 7. The van der Waals surface area contributed by atoms with E-state index in [0.717, 1.165) is 10.9 Å². The number of nitrogens with one attached hydrogen (secondary N) is 1. The van der Waals surface area contributed by atoms with E-state index in [1.54, 1.807) is 12.1 Å². The van der Waals surface area contributed by atoms with Crippen LogP contribution in [0.1, 0.15) is 12.5 Å². The van der Waals surface area contributed by atoms with Crippen LogP contribution in [0.2, 0.25) is 0 Å². The third-order valence-corrected chi connectivity index (χ3v) is 9.24. The fourth-order valence-corrected chi connectivity index (χ4v) is 7.19. The second-order valence-corrected chi connectivity index (χ2v) is 12.9. The summed E-state index contributed by atoms with van der Waals surface area (Å²) in [5.41, 5.74) is 5.45. The number of aromatic amines is 1. The highest BCUT2D eigenvalue weighted by atomic mass is 31.2. The summed E-state index contributed by atoms with van der Waals surface area (Å²) >= 11 is 0. The van der Waals surface area contributed by atoms with Crippen LogP contribution in [0.3, 0.4) is 0 Å². The fourth-order valence-electron chi connectivity index (χ4n) is 5.29. The lowest BCUT2D eigenvalue weighted by atomic mass is 10.1. The van der Waals surface area contributed by atoms with Crippen molar-refractivity contribution in [3.05, 3.63) is 41.3 Å². The number of ether oxygens (including phenoxy) is 2. The summed E-state index contributed by atoms with van der Waals surface area (Å²) < 4.78 is 61.2. The molecule has 10 atom stereocenters. The van der Waals surface area contributed by atoms with E-state index in [9.17, 15) is 33.9 Å². The quantitative estimate of drug-likeness (QED) is 0.136. The zero-order valence-electron chi connectivity index (χ0n) is 22.0. The molecular weight excluding hydrogens is 634 g/mol. The number of hydrogen-bond donors (Lipinski definition) is 6. The molecule has 4 aromatic heterocycles. The van der Waals surface area contributed by atoms with Gasteiger partial charge in [0.1, 0.15) is 42.1 Å². The number of aliphatic hydroxyl groups excluding tert-OH is 2. The maximum atomic E-state index is 13.2. The maximum Gasteiger partial charge on any atom is 0.472 e. The van der Waals surface area contributed by atoms with Gasteiger partial charge in [-0.3, -0.25) is 37.0 Å². The molecule has 23 heteroatoms. The number of hydrogen-bond acceptors (Lipinski definition) is 16. The Bertz CT molecular complexity index is 1880. The predicted molar refractivity (Wildman–Crippen MR) is 141 cm³/mol. The Morgan fingerprint density at radius 3 is 2.32 bits per heavy atom. The van der Waals surface area contributed by atoms with Crippen molar-refractivity contribution in [2.75, 3.05) is 18.9 Å². The first-order valence-electron chi connectivity index (χ1n) is 12.9. The van der Waals surface area contributed by atoms with Crippen molar-refractivity contribution in [3.63, 3.8) is 0 Å². The molecule has 0 saturated carbocycles. The number of pyridine rings is 1. The van der Waals surface area contributed by atoms with Crippen molar-refractivity contribution < 1.29 is 56.7 Å². The Balaban J connectivity index is 1.21. The molecule has 3 aliphatic rings. The third-order valence-electron chi connectivity index (χ3n) is 7.27. The van der Waals surface area contributed by atoms with Gasteiger partial charge in [-0.05, 0) is 12.1 Å². The molecule has 7 N–H and O–H groups in total. The molecule has 0 aliphatic carbocycles. The zero-order valence-corrected chi connectivity index (χ0v) is 23.8. The number of phosphoric ester groups is 2. The summed E-state index contributed by atoms with van der Waals surface area (Å²) in [4.78, 5) is 52.1. The number of H-pyrrole nitrogens is 1. The Kier molecular flexibility index (Phi) is 7.20. The minimum Gasteiger partial charge on any atom is -0.387 e. The summed E-state index contributed by atoms with van der Waals surface area (Å²) in [6.45, 7) is -1.59. The van der Waals surface area contributed by atoms with E-state index in [4.69, 9.17) is 33.3 Å². The third kappa shape index (κ3) is 5.15. The van der Waals surface area contributed by atoms with E-state index in [1.165, 1.54) is 17.1 Å². The van der Waals surface area contributed by atoms with Gasteiger partial charge < -0.3 is 35.2 Å². The van der Waals surface area contributed by atoms with E-state index in [1.807, 2.05) is 0 Å². The average molecular weight is 658 g/mol. The highest BCUT2D eigenvalue weighted by Gasteiger charge is 2.54. The lowest BCUT2D eigenvalue weighted by Crippen LogP contribution is -2.36. The highest BCUT2D eigenvalue weighted by Crippen LogP contribution is 2.53. The number of imidazole rings is 2. The standard InChI is InChI=1S/C21H24N8O13P2/c22-21-26-17-11(18(32)27-21)25-7-29(17)20-15-12(30)9(39-20)4-37-43(33,34)41-14-10(5-38-44(35,36)42-15)40-19(13(14)31)28-6-24-8-2-1-3-23-16(8)28/h1-3,6-7,9-10,12-15,19-20,30-31H,4-5H2,(H,33,34)(H,35,36)(H3,22,26,27,32)/t9-,10-,12-,13-,14-,15-,19-,20-/m1/s1. The van der Waals surface area contributed by atoms with Crippen LogP contribution >= 0.6 is 15.6 Å². The number of nitrogens with two attached hydrogens (primary N) is 1. The van der Waals surface area contributed by atoms with Gasteiger partial charge in [-0.15, -0.1) is 0 Å². The van der Waals surface area contributed by atoms with E-state index < -0.39 is 83.5 Å². The first-order valence-corrected chi connectivity index (χ1v) is 15.9. The molecular formula is C21H24N8O13P2. The summed E-state index contributed by atoms with van der Waals surface area (Å²) in [7, 11) is -10.1. The van der Waals surface area contributed by atoms with Crippen molar-refractivity contribution >= 4 is 43.9 Å². The molecule has 3 aliphatic heterocycles. The number of nitrogen functional groups attached to an aromatic ring is 1. The molecule has 3 fully saturated rings. The molecule has 3 saturated heterocycles. The lowest BCUT2D eigenvalue weighted by Gasteiger charge is -2.25. The van der Waals surface area contributed by atoms with Gasteiger partial charge in [-0.2, -0.15) is 4.98 Å². The van der Waals surface area contributed by atoms with Gasteiger partial charge in [-0.1, -0.05) is 0 Å². The summed E-state index contributed by atoms with van der Waals surface area (Å²) in [5, 5.41) is 22.1. The van der Waals surface area contributed by atoms with E-state index >= 15 is 0 Å². The Morgan fingerprint density at radius 2 is 1.55 bits per heavy atom. The molecule has 236 valence electrons. The normalized spacial score (nSPS) is 38.3. The topological polar surface area (TPSA) is 291 Å². The van der Waals surface area contributed by atoms with E-state index in [2.05, 4.69) is 24.9 Å². The Hall–Kier alpha value is -3.17. The first kappa shape index (κ1) is 29.5. The van der Waals surface area contributed by atoms with Crippen molar-refractivity contribution in [1.82, 2.24) is 34.1 Å². The number of anilines is 1. The second kappa shape index (κ2) is 10.7. The molecule has 44 heavy (non-hydrogen) atoms. The van der Waals surface area contributed by atoms with Crippen LogP contribution in [0.5, 0.6) is 0 Å². The second-order valence-electron chi connectivity index (χ2n) is 10.1. The van der Waals surface area contributed by atoms with E-state index in [0.29, 0.717) is 11.2 Å². The largest absolute Gasteiger partial charge is 0.472 e. The monoisotopic (exact) mass is 658 g/mol. The molecule has 7 rings (SSSR count). The van der Waals surface area contributed by atoms with Gasteiger partial charge >= 0.3 is 15.6 Å². The lowest BCUT2D eigenvalue weighted by molar-refractivity contribution is -0.0672. The number of aliphatic hydroxyl groups is 2. The maximum absolute atomic E-state index is 13.2. The first-order chi connectivity index (χ1) is 20.9. The summed E-state index contributed by atoms with van der Waals surface area (Å²) in [5.74, 6) is -0.275. The fraction of sp³-hybridized carbons (Fsp3) is 0.476. The SMILES string of the molecule is Nc1nc2c(ncn2[C@@H]2O[C@@H]3COP(=O)(O)O[C@H]4[C@@H](O)[C@H](n5cnc6cccnc65)O[C@@H]4COP(=O)(O)O[C@@H]2[C@@H]3O)c(=O)[nH]1. The van der Waals surface area contributed by atoms with Crippen LogP contribution in [0.25, 0.3) is 22.3 Å². The molecule has 0 amide bonds. The summed E-state index contributed by atoms with van der Waals surface area (Å²) in [6, 6.07) is 3.31. The molecule has 0 spiro atoms. The van der Waals surface area contributed by atoms with Crippen LogP contribution < -0.4 is 11.3 Å². The predicted octanol–water partition coefficient (Wildman–Crippen LogP) is -1.32. The number of nitrogens with zero attached hydrogens (tertiary/aromatic N) is 6. The van der Waals surface area contributed by atoms with Crippen molar-refractivity contribution in [2.45, 2.75) is 49.1 Å². The van der Waals surface area contributed by atoms with Crippen LogP contribution in [-0.2, 0) is 36.7 Å².